The van der Waals surface area contributed by atoms with Crippen LogP contribution in [0.2, 0.25) is 0 Å². The second kappa shape index (κ2) is 8.90. The first-order valence-corrected chi connectivity index (χ1v) is 7.69. The number of aromatic nitrogens is 1. The van der Waals surface area contributed by atoms with Gasteiger partial charge in [-0.3, -0.25) is 9.98 Å². The summed E-state index contributed by atoms with van der Waals surface area (Å²) in [6, 6.07) is 14.5. The predicted molar refractivity (Wildman–Crippen MR) is 94.3 cm³/mol. The lowest BCUT2D eigenvalue weighted by molar-refractivity contribution is 0.179. The molecule has 0 aliphatic rings. The van der Waals surface area contributed by atoms with Gasteiger partial charge in [0.05, 0.1) is 12.3 Å². The number of methoxy groups -OCH3 is 1. The van der Waals surface area contributed by atoms with E-state index >= 15 is 0 Å². The third-order valence-corrected chi connectivity index (χ3v) is 3.37. The lowest BCUT2D eigenvalue weighted by Gasteiger charge is -2.17. The van der Waals surface area contributed by atoms with E-state index in [2.05, 4.69) is 45.7 Å². The number of rotatable bonds is 6. The predicted octanol–water partition coefficient (Wildman–Crippen LogP) is 2.45. The number of hydrogen-bond acceptors (Lipinski definition) is 3. The average molecular weight is 312 g/mol. The molecule has 1 unspecified atom stereocenters. The zero-order chi connectivity index (χ0) is 16.5. The van der Waals surface area contributed by atoms with Gasteiger partial charge in [-0.15, -0.1) is 0 Å². The van der Waals surface area contributed by atoms with E-state index in [1.165, 1.54) is 5.56 Å². The van der Waals surface area contributed by atoms with E-state index in [1.807, 2.05) is 30.5 Å². The van der Waals surface area contributed by atoms with Crippen molar-refractivity contribution in [3.05, 3.63) is 54.2 Å². The molecular formula is C18H24N4O. The molecule has 0 radical (unpaired) electrons. The van der Waals surface area contributed by atoms with Gasteiger partial charge in [0, 0.05) is 38.5 Å². The lowest BCUT2D eigenvalue weighted by atomic mass is 10.1. The minimum atomic E-state index is 0.200. The number of ether oxygens (including phenoxy) is 1. The molecule has 5 nitrogen and oxygen atoms in total. The molecule has 2 aromatic rings. The van der Waals surface area contributed by atoms with Gasteiger partial charge in [0.25, 0.3) is 0 Å². The highest BCUT2D eigenvalue weighted by molar-refractivity contribution is 5.80. The summed E-state index contributed by atoms with van der Waals surface area (Å²) in [6.45, 7) is 3.38. The van der Waals surface area contributed by atoms with Gasteiger partial charge >= 0.3 is 0 Å². The van der Waals surface area contributed by atoms with Crippen molar-refractivity contribution in [2.75, 3.05) is 20.8 Å². The maximum atomic E-state index is 5.12. The van der Waals surface area contributed by atoms with Crippen LogP contribution < -0.4 is 10.6 Å². The van der Waals surface area contributed by atoms with Crippen LogP contribution in [0.5, 0.6) is 0 Å². The minimum absolute atomic E-state index is 0.200. The van der Waals surface area contributed by atoms with Crippen LogP contribution in [-0.4, -0.2) is 37.7 Å². The molecule has 0 amide bonds. The molecule has 5 heteroatoms. The minimum Gasteiger partial charge on any atom is -0.383 e. The smallest absolute Gasteiger partial charge is 0.191 e. The molecule has 2 N–H and O–H groups in total. The summed E-state index contributed by atoms with van der Waals surface area (Å²) >= 11 is 0. The topological polar surface area (TPSA) is 58.5 Å². The first-order valence-electron chi connectivity index (χ1n) is 7.69. The first kappa shape index (κ1) is 17.0. The molecule has 0 spiro atoms. The van der Waals surface area contributed by atoms with Crippen LogP contribution >= 0.6 is 0 Å². The van der Waals surface area contributed by atoms with E-state index in [1.54, 1.807) is 14.2 Å². The van der Waals surface area contributed by atoms with Gasteiger partial charge in [-0.2, -0.15) is 0 Å². The standard InChI is InChI=1S/C18H24N4O/c1-14(13-23-3)22-18(19-2)21-12-15-7-6-8-16(11-15)17-9-4-5-10-20-17/h4-11,14H,12-13H2,1-3H3,(H2,19,21,22). The number of benzene rings is 1. The Morgan fingerprint density at radius 1 is 1.26 bits per heavy atom. The van der Waals surface area contributed by atoms with Gasteiger partial charge in [-0.1, -0.05) is 24.3 Å². The van der Waals surface area contributed by atoms with Gasteiger partial charge in [-0.25, -0.2) is 0 Å². The summed E-state index contributed by atoms with van der Waals surface area (Å²) in [5.74, 6) is 0.762. The van der Waals surface area contributed by atoms with Crippen LogP contribution in [0.1, 0.15) is 12.5 Å². The molecular weight excluding hydrogens is 288 g/mol. The summed E-state index contributed by atoms with van der Waals surface area (Å²) < 4.78 is 5.12. The Morgan fingerprint density at radius 2 is 2.13 bits per heavy atom. The summed E-state index contributed by atoms with van der Waals surface area (Å²) in [5, 5.41) is 6.60. The Hall–Kier alpha value is -2.40. The van der Waals surface area contributed by atoms with E-state index < -0.39 is 0 Å². The Balaban J connectivity index is 1.98. The number of guanidine groups is 1. The lowest BCUT2D eigenvalue weighted by Crippen LogP contribution is -2.43. The van der Waals surface area contributed by atoms with E-state index in [0.717, 1.165) is 17.2 Å². The van der Waals surface area contributed by atoms with Crippen molar-refractivity contribution in [1.29, 1.82) is 0 Å². The van der Waals surface area contributed by atoms with Crippen molar-refractivity contribution in [2.24, 2.45) is 4.99 Å². The molecule has 0 fully saturated rings. The quantitative estimate of drug-likeness (QED) is 0.635. The fourth-order valence-electron chi connectivity index (χ4n) is 2.28. The van der Waals surface area contributed by atoms with Crippen LogP contribution in [0.4, 0.5) is 0 Å². The molecule has 122 valence electrons. The fraction of sp³-hybridized carbons (Fsp3) is 0.333. The summed E-state index contributed by atoms with van der Waals surface area (Å²) in [5.41, 5.74) is 3.27. The number of aliphatic imine (C=N–C) groups is 1. The molecule has 0 aliphatic carbocycles. The van der Waals surface area contributed by atoms with Gasteiger partial charge in [-0.05, 0) is 30.7 Å². The summed E-state index contributed by atoms with van der Waals surface area (Å²) in [4.78, 5) is 8.62. The second-order valence-corrected chi connectivity index (χ2v) is 5.34. The zero-order valence-corrected chi connectivity index (χ0v) is 13.9. The zero-order valence-electron chi connectivity index (χ0n) is 13.9. The molecule has 0 saturated carbocycles. The second-order valence-electron chi connectivity index (χ2n) is 5.34. The largest absolute Gasteiger partial charge is 0.383 e. The summed E-state index contributed by atoms with van der Waals surface area (Å²) in [6.07, 6.45) is 1.81. The number of nitrogens with one attached hydrogen (secondary N) is 2. The average Bonchev–Trinajstić information content (AvgIpc) is 2.60. The third-order valence-electron chi connectivity index (χ3n) is 3.37. The van der Waals surface area contributed by atoms with Crippen molar-refractivity contribution in [2.45, 2.75) is 19.5 Å². The van der Waals surface area contributed by atoms with Gasteiger partial charge in [0.1, 0.15) is 0 Å². The van der Waals surface area contributed by atoms with Crippen LogP contribution in [0.25, 0.3) is 11.3 Å². The number of hydrogen-bond donors (Lipinski definition) is 2. The van der Waals surface area contributed by atoms with Crippen LogP contribution in [0, 0.1) is 0 Å². The Labute approximate surface area is 137 Å². The van der Waals surface area contributed by atoms with Crippen molar-refractivity contribution >= 4 is 5.96 Å². The van der Waals surface area contributed by atoms with Crippen LogP contribution in [-0.2, 0) is 11.3 Å². The van der Waals surface area contributed by atoms with Crippen molar-refractivity contribution in [1.82, 2.24) is 15.6 Å². The number of nitrogens with zero attached hydrogens (tertiary/aromatic N) is 2. The third kappa shape index (κ3) is 5.38. The van der Waals surface area contributed by atoms with Crippen LogP contribution in [0.3, 0.4) is 0 Å². The highest BCUT2D eigenvalue weighted by Gasteiger charge is 2.05. The van der Waals surface area contributed by atoms with E-state index in [4.69, 9.17) is 4.74 Å². The molecule has 2 rings (SSSR count). The normalized spacial score (nSPS) is 12.7. The van der Waals surface area contributed by atoms with E-state index in [9.17, 15) is 0 Å². The molecule has 1 heterocycles. The maximum Gasteiger partial charge on any atom is 0.191 e. The van der Waals surface area contributed by atoms with Gasteiger partial charge < -0.3 is 15.4 Å². The Morgan fingerprint density at radius 3 is 2.83 bits per heavy atom. The fourth-order valence-corrected chi connectivity index (χ4v) is 2.28. The highest BCUT2D eigenvalue weighted by atomic mass is 16.5. The van der Waals surface area contributed by atoms with Crippen LogP contribution in [0.15, 0.2) is 53.7 Å². The molecule has 23 heavy (non-hydrogen) atoms. The SMILES string of the molecule is CN=C(NCc1cccc(-c2ccccn2)c1)NC(C)COC. The molecule has 1 aromatic carbocycles. The first-order chi connectivity index (χ1) is 11.2. The molecule has 0 bridgehead atoms. The van der Waals surface area contributed by atoms with Crippen molar-refractivity contribution in [3.63, 3.8) is 0 Å². The molecule has 0 aliphatic heterocycles. The van der Waals surface area contributed by atoms with Gasteiger partial charge in [0.15, 0.2) is 5.96 Å². The van der Waals surface area contributed by atoms with Crippen molar-refractivity contribution < 1.29 is 4.74 Å². The van der Waals surface area contributed by atoms with Gasteiger partial charge in [0.2, 0.25) is 0 Å². The molecule has 1 atom stereocenters. The number of pyridine rings is 1. The molecule has 0 saturated heterocycles. The molecule has 1 aromatic heterocycles. The van der Waals surface area contributed by atoms with Crippen molar-refractivity contribution in [3.8, 4) is 11.3 Å². The summed E-state index contributed by atoms with van der Waals surface area (Å²) in [7, 11) is 3.46. The Bertz CT molecular complexity index is 628. The highest BCUT2D eigenvalue weighted by Crippen LogP contribution is 2.17. The maximum absolute atomic E-state index is 5.12. The Kier molecular flexibility index (Phi) is 6.56. The monoisotopic (exact) mass is 312 g/mol. The van der Waals surface area contributed by atoms with E-state index in [-0.39, 0.29) is 6.04 Å². The van der Waals surface area contributed by atoms with E-state index in [0.29, 0.717) is 13.2 Å².